The zero-order chi connectivity index (χ0) is 6.10. The lowest BCUT2D eigenvalue weighted by Crippen LogP contribution is -1.67. The Morgan fingerprint density at radius 2 is 2.44 bits per heavy atom. The van der Waals surface area contributed by atoms with Gasteiger partial charge in [-0.2, -0.15) is 0 Å². The molecule has 0 atom stereocenters. The first-order chi connectivity index (χ1) is 4.47. The molecule has 0 nitrogen and oxygen atoms in total. The molecule has 0 N–H and O–H groups in total. The number of thiophene rings is 1. The van der Waals surface area contributed by atoms with Crippen LogP contribution in [0.5, 0.6) is 0 Å². The van der Waals surface area contributed by atoms with E-state index < -0.39 is 0 Å². The van der Waals surface area contributed by atoms with Crippen LogP contribution >= 0.6 is 23.1 Å². The first-order valence-electron chi connectivity index (χ1n) is 2.62. The molecule has 0 spiro atoms. The van der Waals surface area contributed by atoms with Crippen molar-refractivity contribution in [1.82, 2.24) is 0 Å². The summed E-state index contributed by atoms with van der Waals surface area (Å²) < 4.78 is 0. The summed E-state index contributed by atoms with van der Waals surface area (Å²) >= 11 is 3.50. The number of rotatable bonds is 0. The molecule has 0 aromatic carbocycles. The van der Waals surface area contributed by atoms with Gasteiger partial charge in [0.05, 0.1) is 0 Å². The summed E-state index contributed by atoms with van der Waals surface area (Å²) in [5, 5.41) is 4.09. The van der Waals surface area contributed by atoms with Crippen molar-refractivity contribution < 1.29 is 0 Å². The Balaban J connectivity index is 2.65. The Bertz CT molecular complexity index is 277. The quantitative estimate of drug-likeness (QED) is 0.515. The molecule has 1 aromatic heterocycles. The molecule has 1 aromatic rings. The molecule has 0 aliphatic carbocycles. The minimum absolute atomic E-state index is 1.34. The highest BCUT2D eigenvalue weighted by molar-refractivity contribution is 8.02. The van der Waals surface area contributed by atoms with Gasteiger partial charge in [0, 0.05) is 15.2 Å². The minimum Gasteiger partial charge on any atom is -0.143 e. The lowest BCUT2D eigenvalue weighted by molar-refractivity contribution is 1.56. The lowest BCUT2D eigenvalue weighted by Gasteiger charge is -1.94. The van der Waals surface area contributed by atoms with E-state index >= 15 is 0 Å². The first kappa shape index (κ1) is 5.36. The molecule has 0 fully saturated rings. The normalized spacial score (nSPS) is 13.8. The monoisotopic (exact) mass is 152 g/mol. The fourth-order valence-electron chi connectivity index (χ4n) is 0.719. The van der Waals surface area contributed by atoms with Crippen molar-refractivity contribution >= 4 is 29.2 Å². The SMILES string of the molecule is C1=CSc2ccsc2C=1. The van der Waals surface area contributed by atoms with E-state index in [4.69, 9.17) is 0 Å². The molecule has 1 aliphatic rings. The summed E-state index contributed by atoms with van der Waals surface area (Å²) in [5.41, 5.74) is 3.05. The zero-order valence-electron chi connectivity index (χ0n) is 4.63. The molecule has 2 rings (SSSR count). The van der Waals surface area contributed by atoms with Crippen molar-refractivity contribution in [3.8, 4) is 0 Å². The van der Waals surface area contributed by atoms with Crippen molar-refractivity contribution in [2.75, 3.05) is 0 Å². The fraction of sp³-hybridized carbons (Fsp3) is 0. The van der Waals surface area contributed by atoms with Gasteiger partial charge >= 0.3 is 0 Å². The van der Waals surface area contributed by atoms with E-state index in [1.54, 1.807) is 23.1 Å². The molecule has 2 heteroatoms. The Kier molecular flexibility index (Phi) is 1.23. The highest BCUT2D eigenvalue weighted by atomic mass is 32.2. The Hall–Kier alpha value is -0.430. The smallest absolute Gasteiger partial charge is 0.0487 e. The molecule has 0 unspecified atom stereocenters. The van der Waals surface area contributed by atoms with Crippen molar-refractivity contribution in [2.45, 2.75) is 4.90 Å². The van der Waals surface area contributed by atoms with Crippen molar-refractivity contribution in [3.05, 3.63) is 27.5 Å². The highest BCUT2D eigenvalue weighted by Gasteiger charge is 2.01. The second kappa shape index (κ2) is 2.07. The van der Waals surface area contributed by atoms with E-state index in [9.17, 15) is 0 Å². The van der Waals surface area contributed by atoms with Gasteiger partial charge in [-0.15, -0.1) is 17.1 Å². The van der Waals surface area contributed by atoms with Gasteiger partial charge in [0.25, 0.3) is 0 Å². The number of hydrogen-bond donors (Lipinski definition) is 0. The van der Waals surface area contributed by atoms with Gasteiger partial charge in [0.1, 0.15) is 0 Å². The van der Waals surface area contributed by atoms with Crippen molar-refractivity contribution in [1.29, 1.82) is 0 Å². The summed E-state index contributed by atoms with van der Waals surface area (Å²) in [7, 11) is 0. The second-order valence-electron chi connectivity index (χ2n) is 1.70. The van der Waals surface area contributed by atoms with E-state index in [2.05, 4.69) is 17.2 Å². The van der Waals surface area contributed by atoms with E-state index in [-0.39, 0.29) is 0 Å². The molecule has 9 heavy (non-hydrogen) atoms. The van der Waals surface area contributed by atoms with Crippen LogP contribution in [0.4, 0.5) is 0 Å². The molecular weight excluding hydrogens is 148 g/mol. The average Bonchev–Trinajstić information content (AvgIpc) is 2.33. The van der Waals surface area contributed by atoms with Gasteiger partial charge < -0.3 is 0 Å². The van der Waals surface area contributed by atoms with E-state index in [0.717, 1.165) is 0 Å². The van der Waals surface area contributed by atoms with Crippen LogP contribution in [0, 0.1) is 0 Å². The van der Waals surface area contributed by atoms with E-state index in [1.807, 2.05) is 11.5 Å². The number of hydrogen-bond acceptors (Lipinski definition) is 2. The van der Waals surface area contributed by atoms with Crippen molar-refractivity contribution in [3.63, 3.8) is 0 Å². The van der Waals surface area contributed by atoms with Crippen LogP contribution in [0.2, 0.25) is 0 Å². The predicted octanol–water partition coefficient (Wildman–Crippen LogP) is 2.98. The van der Waals surface area contributed by atoms with Gasteiger partial charge in [0.15, 0.2) is 0 Å². The maximum Gasteiger partial charge on any atom is 0.0487 e. The zero-order valence-corrected chi connectivity index (χ0v) is 6.26. The van der Waals surface area contributed by atoms with Crippen LogP contribution in [0.15, 0.2) is 27.5 Å². The van der Waals surface area contributed by atoms with Crippen LogP contribution in [0.3, 0.4) is 0 Å². The molecule has 0 bridgehead atoms. The van der Waals surface area contributed by atoms with Gasteiger partial charge in [-0.25, -0.2) is 0 Å². The molecule has 2 heterocycles. The molecule has 1 aliphatic heterocycles. The average molecular weight is 152 g/mol. The molecule has 0 radical (unpaired) electrons. The maximum atomic E-state index is 3.05. The second-order valence-corrected chi connectivity index (χ2v) is 3.55. The Morgan fingerprint density at radius 3 is 3.33 bits per heavy atom. The fourth-order valence-corrected chi connectivity index (χ4v) is 2.35. The van der Waals surface area contributed by atoms with E-state index in [0.29, 0.717) is 0 Å². The van der Waals surface area contributed by atoms with Gasteiger partial charge in [0.2, 0.25) is 0 Å². The summed E-state index contributed by atoms with van der Waals surface area (Å²) in [4.78, 5) is 2.70. The maximum absolute atomic E-state index is 3.05. The largest absolute Gasteiger partial charge is 0.143 e. The van der Waals surface area contributed by atoms with Crippen LogP contribution in [0.1, 0.15) is 4.88 Å². The third kappa shape index (κ3) is 0.855. The van der Waals surface area contributed by atoms with E-state index in [1.165, 1.54) is 9.77 Å². The Labute approximate surface area is 61.9 Å². The first-order valence-corrected chi connectivity index (χ1v) is 4.38. The summed E-state index contributed by atoms with van der Waals surface area (Å²) in [6.07, 6.45) is 2.02. The van der Waals surface area contributed by atoms with Gasteiger partial charge in [-0.3, -0.25) is 0 Å². The topological polar surface area (TPSA) is 0 Å². The number of thioether (sulfide) groups is 1. The van der Waals surface area contributed by atoms with Gasteiger partial charge in [-0.1, -0.05) is 11.8 Å². The van der Waals surface area contributed by atoms with Gasteiger partial charge in [-0.05, 0) is 17.5 Å². The molecule has 44 valence electrons. The van der Waals surface area contributed by atoms with Crippen LogP contribution in [0.25, 0.3) is 6.08 Å². The summed E-state index contributed by atoms with van der Waals surface area (Å²) in [5.74, 6) is 0. The summed E-state index contributed by atoms with van der Waals surface area (Å²) in [6, 6.07) is 2.14. The molecule has 0 amide bonds. The lowest BCUT2D eigenvalue weighted by atomic mass is 10.4. The van der Waals surface area contributed by atoms with Crippen LogP contribution < -0.4 is 0 Å². The number of fused-ring (bicyclic) bond motifs is 1. The van der Waals surface area contributed by atoms with Crippen molar-refractivity contribution in [2.24, 2.45) is 0 Å². The van der Waals surface area contributed by atoms with Crippen LogP contribution in [-0.2, 0) is 0 Å². The Morgan fingerprint density at radius 1 is 1.44 bits per heavy atom. The third-order valence-electron chi connectivity index (χ3n) is 1.13. The summed E-state index contributed by atoms with van der Waals surface area (Å²) in [6.45, 7) is 0. The molecule has 0 saturated heterocycles. The standard InChI is InChI=1S/C7H4S2/c1-2-6-7(8-4-1)3-5-9-6/h2-5H. The third-order valence-corrected chi connectivity index (χ3v) is 2.98. The predicted molar refractivity (Wildman–Crippen MR) is 42.7 cm³/mol. The highest BCUT2D eigenvalue weighted by Crippen LogP contribution is 2.31. The minimum atomic E-state index is 1.34. The van der Waals surface area contributed by atoms with Crippen LogP contribution in [-0.4, -0.2) is 0 Å². The molecule has 0 saturated carbocycles. The molecular formula is C7H4S2.